The quantitative estimate of drug-likeness (QED) is 0.706. The van der Waals surface area contributed by atoms with Crippen LogP contribution >= 0.6 is 0 Å². The summed E-state index contributed by atoms with van der Waals surface area (Å²) in [7, 11) is 1.56. The molecule has 5 nitrogen and oxygen atoms in total. The normalized spacial score (nSPS) is 16.9. The maximum Gasteiger partial charge on any atom is 0.277 e. The van der Waals surface area contributed by atoms with E-state index in [0.29, 0.717) is 29.0 Å². The summed E-state index contributed by atoms with van der Waals surface area (Å²) in [5.41, 5.74) is 2.39. The summed E-state index contributed by atoms with van der Waals surface area (Å²) >= 11 is 0. The Balaban J connectivity index is 1.67. The average molecular weight is 394 g/mol. The Labute approximate surface area is 169 Å². The van der Waals surface area contributed by atoms with Gasteiger partial charge in [-0.05, 0) is 43.0 Å². The Morgan fingerprint density at radius 2 is 1.66 bits per heavy atom. The predicted octanol–water partition coefficient (Wildman–Crippen LogP) is 3.25. The number of carbonyl (C=O) groups is 2. The van der Waals surface area contributed by atoms with Crippen LogP contribution in [0.3, 0.4) is 0 Å². The van der Waals surface area contributed by atoms with Gasteiger partial charge in [-0.3, -0.25) is 14.5 Å². The van der Waals surface area contributed by atoms with Crippen molar-refractivity contribution in [1.29, 1.82) is 0 Å². The monoisotopic (exact) mass is 394 g/mol. The van der Waals surface area contributed by atoms with E-state index in [9.17, 15) is 14.0 Å². The van der Waals surface area contributed by atoms with Gasteiger partial charge in [-0.1, -0.05) is 30.3 Å². The molecular formula is C23H23FN2O3. The molecule has 0 saturated carbocycles. The van der Waals surface area contributed by atoms with Crippen LogP contribution < -0.4 is 4.74 Å². The van der Waals surface area contributed by atoms with Crippen LogP contribution in [0, 0.1) is 5.82 Å². The fourth-order valence-electron chi connectivity index (χ4n) is 3.99. The molecule has 1 saturated heterocycles. The maximum atomic E-state index is 13.3. The number of likely N-dealkylation sites (tertiary alicyclic amines) is 1. The number of carbonyl (C=O) groups excluding carboxylic acids is 2. The van der Waals surface area contributed by atoms with Crippen molar-refractivity contribution >= 4 is 17.4 Å². The van der Waals surface area contributed by atoms with Crippen LogP contribution in [0.1, 0.15) is 24.0 Å². The number of ether oxygens (including phenoxy) is 1. The van der Waals surface area contributed by atoms with E-state index in [1.54, 1.807) is 25.3 Å². The van der Waals surface area contributed by atoms with Gasteiger partial charge in [-0.25, -0.2) is 4.39 Å². The van der Waals surface area contributed by atoms with Crippen LogP contribution in [0.15, 0.2) is 54.2 Å². The molecule has 0 aromatic heterocycles. The molecule has 0 aliphatic carbocycles. The van der Waals surface area contributed by atoms with Gasteiger partial charge < -0.3 is 9.64 Å². The van der Waals surface area contributed by atoms with Crippen molar-refractivity contribution in [3.05, 3.63) is 71.2 Å². The molecule has 0 atom stereocenters. The number of hydrogen-bond acceptors (Lipinski definition) is 4. The van der Waals surface area contributed by atoms with Crippen LogP contribution in [-0.4, -0.2) is 48.4 Å². The highest BCUT2D eigenvalue weighted by Gasteiger charge is 2.42. The Hall–Kier alpha value is -3.15. The molecule has 150 valence electrons. The second kappa shape index (κ2) is 8.07. The Morgan fingerprint density at radius 3 is 2.34 bits per heavy atom. The Bertz CT molecular complexity index is 962. The second-order valence-electron chi connectivity index (χ2n) is 7.26. The smallest absolute Gasteiger partial charge is 0.277 e. The van der Waals surface area contributed by atoms with E-state index < -0.39 is 0 Å². The van der Waals surface area contributed by atoms with Crippen molar-refractivity contribution < 1.29 is 18.7 Å². The summed E-state index contributed by atoms with van der Waals surface area (Å²) in [6.07, 6.45) is 2.48. The lowest BCUT2D eigenvalue weighted by Gasteiger charge is -2.20. The third-order valence-electron chi connectivity index (χ3n) is 5.48. The first-order valence-electron chi connectivity index (χ1n) is 9.83. The lowest BCUT2D eigenvalue weighted by atomic mass is 10.0. The highest BCUT2D eigenvalue weighted by atomic mass is 19.1. The summed E-state index contributed by atoms with van der Waals surface area (Å²) in [5.74, 6) is -0.303. The van der Waals surface area contributed by atoms with Crippen molar-refractivity contribution in [1.82, 2.24) is 9.80 Å². The summed E-state index contributed by atoms with van der Waals surface area (Å²) < 4.78 is 18.6. The van der Waals surface area contributed by atoms with Gasteiger partial charge in [-0.15, -0.1) is 0 Å². The fraction of sp³-hybridized carbons (Fsp3) is 0.304. The number of imide groups is 1. The van der Waals surface area contributed by atoms with Gasteiger partial charge in [0.25, 0.3) is 11.8 Å². The minimum atomic E-state index is -0.307. The molecule has 2 amide bonds. The van der Waals surface area contributed by atoms with E-state index in [4.69, 9.17) is 4.74 Å². The first-order chi connectivity index (χ1) is 14.1. The number of para-hydroxylation sites is 1. The minimum Gasteiger partial charge on any atom is -0.496 e. The topological polar surface area (TPSA) is 49.9 Å². The van der Waals surface area contributed by atoms with Gasteiger partial charge in [-0.2, -0.15) is 0 Å². The van der Waals surface area contributed by atoms with Crippen LogP contribution in [0.5, 0.6) is 5.75 Å². The lowest BCUT2D eigenvalue weighted by Crippen LogP contribution is -2.36. The van der Waals surface area contributed by atoms with Gasteiger partial charge in [0.05, 0.1) is 12.7 Å². The first-order valence-corrected chi connectivity index (χ1v) is 9.83. The standard InChI is InChI=1S/C23H23FN2O3/c1-29-19-7-3-2-6-18(19)20-21(25-13-4-5-14-25)23(28)26(22(20)27)15-12-16-8-10-17(24)11-9-16/h2-3,6-11H,4-5,12-15H2,1H3. The minimum absolute atomic E-state index is 0.249. The molecule has 0 spiro atoms. The number of halogens is 1. The van der Waals surface area contributed by atoms with Crippen molar-refractivity contribution in [2.75, 3.05) is 26.7 Å². The molecule has 0 unspecified atom stereocenters. The van der Waals surface area contributed by atoms with Crippen molar-refractivity contribution in [2.45, 2.75) is 19.3 Å². The molecule has 1 fully saturated rings. The maximum absolute atomic E-state index is 13.3. The molecule has 29 heavy (non-hydrogen) atoms. The highest BCUT2D eigenvalue weighted by molar-refractivity contribution is 6.36. The molecule has 0 N–H and O–H groups in total. The summed E-state index contributed by atoms with van der Waals surface area (Å²) in [6.45, 7) is 1.77. The molecule has 6 heteroatoms. The van der Waals surface area contributed by atoms with Crippen LogP contribution in [0.2, 0.25) is 0 Å². The third kappa shape index (κ3) is 3.62. The lowest BCUT2D eigenvalue weighted by molar-refractivity contribution is -0.137. The largest absolute Gasteiger partial charge is 0.496 e. The van der Waals surface area contributed by atoms with E-state index in [-0.39, 0.29) is 24.2 Å². The molecule has 0 bridgehead atoms. The fourth-order valence-corrected chi connectivity index (χ4v) is 3.99. The average Bonchev–Trinajstić information content (AvgIpc) is 3.34. The highest BCUT2D eigenvalue weighted by Crippen LogP contribution is 2.37. The molecule has 4 rings (SSSR count). The van der Waals surface area contributed by atoms with E-state index in [0.717, 1.165) is 31.5 Å². The van der Waals surface area contributed by atoms with Crippen molar-refractivity contribution in [3.8, 4) is 5.75 Å². The number of methoxy groups -OCH3 is 1. The number of nitrogens with zero attached hydrogens (tertiary/aromatic N) is 2. The van der Waals surface area contributed by atoms with E-state index in [1.807, 2.05) is 23.1 Å². The molecule has 2 aromatic rings. The van der Waals surface area contributed by atoms with Crippen molar-refractivity contribution in [3.63, 3.8) is 0 Å². The van der Waals surface area contributed by atoms with Crippen LogP contribution in [0.4, 0.5) is 4.39 Å². The molecular weight excluding hydrogens is 371 g/mol. The summed E-state index contributed by atoms with van der Waals surface area (Å²) in [5, 5.41) is 0. The zero-order valence-electron chi connectivity index (χ0n) is 16.4. The van der Waals surface area contributed by atoms with E-state index in [2.05, 4.69) is 0 Å². The first kappa shape index (κ1) is 19.2. The molecule has 2 aliphatic heterocycles. The van der Waals surface area contributed by atoms with Crippen LogP contribution in [-0.2, 0) is 16.0 Å². The Kier molecular flexibility index (Phi) is 5.34. The number of benzene rings is 2. The van der Waals surface area contributed by atoms with E-state index >= 15 is 0 Å². The SMILES string of the molecule is COc1ccccc1C1=C(N2CCCC2)C(=O)N(CCc2ccc(F)cc2)C1=O. The van der Waals surface area contributed by atoms with Gasteiger partial charge in [0.1, 0.15) is 17.3 Å². The zero-order chi connectivity index (χ0) is 20.4. The molecule has 0 radical (unpaired) electrons. The number of hydrogen-bond donors (Lipinski definition) is 0. The van der Waals surface area contributed by atoms with E-state index in [1.165, 1.54) is 17.0 Å². The van der Waals surface area contributed by atoms with Gasteiger partial charge in [0.15, 0.2) is 0 Å². The second-order valence-corrected chi connectivity index (χ2v) is 7.26. The van der Waals surface area contributed by atoms with Gasteiger partial charge >= 0.3 is 0 Å². The molecule has 2 aromatic carbocycles. The third-order valence-corrected chi connectivity index (χ3v) is 5.48. The Morgan fingerprint density at radius 1 is 0.966 bits per heavy atom. The number of rotatable bonds is 6. The molecule has 2 heterocycles. The number of amides is 2. The van der Waals surface area contributed by atoms with Crippen molar-refractivity contribution in [2.24, 2.45) is 0 Å². The summed E-state index contributed by atoms with van der Waals surface area (Å²) in [6, 6.07) is 13.4. The van der Waals surface area contributed by atoms with Gasteiger partial charge in [0.2, 0.25) is 0 Å². The zero-order valence-corrected chi connectivity index (χ0v) is 16.4. The van der Waals surface area contributed by atoms with Crippen LogP contribution in [0.25, 0.3) is 5.57 Å². The molecule has 2 aliphatic rings. The predicted molar refractivity (Wildman–Crippen MR) is 108 cm³/mol. The summed E-state index contributed by atoms with van der Waals surface area (Å²) in [4.78, 5) is 29.9. The van der Waals surface area contributed by atoms with Gasteiger partial charge in [0, 0.05) is 25.2 Å².